The zero-order valence-corrected chi connectivity index (χ0v) is 16.6. The Bertz CT molecular complexity index is 1070. The summed E-state index contributed by atoms with van der Waals surface area (Å²) < 4.78 is 11.6. The van der Waals surface area contributed by atoms with Crippen molar-refractivity contribution in [3.63, 3.8) is 0 Å². The van der Waals surface area contributed by atoms with Gasteiger partial charge in [0.25, 0.3) is 0 Å². The summed E-state index contributed by atoms with van der Waals surface area (Å²) in [6, 6.07) is 14.5. The number of carbonyl (C=O) groups is 1. The van der Waals surface area contributed by atoms with Crippen molar-refractivity contribution in [2.45, 2.75) is 26.2 Å². The molecule has 0 radical (unpaired) electrons. The van der Waals surface area contributed by atoms with Crippen LogP contribution in [0.15, 0.2) is 57.7 Å². The Hall–Kier alpha value is -2.92. The Morgan fingerprint density at radius 2 is 1.86 bits per heavy atom. The van der Waals surface area contributed by atoms with Gasteiger partial charge in [-0.2, -0.15) is 0 Å². The van der Waals surface area contributed by atoms with Crippen LogP contribution in [0.5, 0.6) is 0 Å². The second-order valence-electron chi connectivity index (χ2n) is 7.67. The number of piperidine rings is 1. The van der Waals surface area contributed by atoms with E-state index < -0.39 is 5.97 Å². The van der Waals surface area contributed by atoms with E-state index in [0.29, 0.717) is 40.4 Å². The highest BCUT2D eigenvalue weighted by Gasteiger charge is 2.20. The van der Waals surface area contributed by atoms with Gasteiger partial charge in [-0.15, -0.1) is 0 Å². The van der Waals surface area contributed by atoms with E-state index in [4.69, 9.17) is 9.15 Å². The van der Waals surface area contributed by atoms with Crippen molar-refractivity contribution in [1.82, 2.24) is 0 Å². The van der Waals surface area contributed by atoms with Crippen molar-refractivity contribution in [2.24, 2.45) is 5.92 Å². The number of hydrogen-bond donors (Lipinski definition) is 1. The average Bonchev–Trinajstić information content (AvgIpc) is 2.77. The predicted octanol–water partition coefficient (Wildman–Crippen LogP) is 3.29. The van der Waals surface area contributed by atoms with E-state index in [9.17, 15) is 9.59 Å². The molecule has 0 aliphatic carbocycles. The van der Waals surface area contributed by atoms with Gasteiger partial charge >= 0.3 is 5.97 Å². The summed E-state index contributed by atoms with van der Waals surface area (Å²) in [5.41, 5.74) is 1.80. The predicted molar refractivity (Wildman–Crippen MR) is 112 cm³/mol. The van der Waals surface area contributed by atoms with Crippen molar-refractivity contribution >= 4 is 16.9 Å². The fraction of sp³-hybridized carbons (Fsp3) is 0.333. The number of rotatable bonds is 5. The molecule has 2 N–H and O–H groups in total. The van der Waals surface area contributed by atoms with Crippen LogP contribution >= 0.6 is 0 Å². The quantitative estimate of drug-likeness (QED) is 0.676. The number of fused-ring (bicyclic) bond motifs is 1. The first-order valence-electron chi connectivity index (χ1n) is 10.3. The molecule has 150 valence electrons. The van der Waals surface area contributed by atoms with Crippen LogP contribution in [0.25, 0.3) is 22.3 Å². The standard InChI is InChI=1S/C24H25NO4/c1-16-21(26)19-8-5-9-20(23(19)29-22(16)18-6-3-2-4-7-18)24(27)28-15-12-17-10-13-25-14-11-17/h2-9,17,25H,10-15H2,1H3/p+1. The molecule has 0 atom stereocenters. The first kappa shape index (κ1) is 19.4. The summed E-state index contributed by atoms with van der Waals surface area (Å²) >= 11 is 0. The Labute approximate surface area is 169 Å². The number of nitrogens with two attached hydrogens (primary N) is 1. The second-order valence-corrected chi connectivity index (χ2v) is 7.67. The number of carbonyl (C=O) groups excluding carboxylic acids is 1. The summed E-state index contributed by atoms with van der Waals surface area (Å²) in [6.45, 7) is 4.44. The molecule has 1 saturated heterocycles. The minimum atomic E-state index is -0.441. The molecule has 3 aromatic rings. The Balaban J connectivity index is 1.63. The Kier molecular flexibility index (Phi) is 5.76. The van der Waals surface area contributed by atoms with Gasteiger partial charge in [0, 0.05) is 11.1 Å². The summed E-state index contributed by atoms with van der Waals surface area (Å²) in [5.74, 6) is 0.663. The lowest BCUT2D eigenvalue weighted by Gasteiger charge is -2.19. The molecule has 2 aromatic carbocycles. The third-order valence-electron chi connectivity index (χ3n) is 5.72. The molecule has 29 heavy (non-hydrogen) atoms. The molecule has 5 heteroatoms. The Morgan fingerprint density at radius 1 is 1.10 bits per heavy atom. The van der Waals surface area contributed by atoms with E-state index in [1.807, 2.05) is 30.3 Å². The number of hydrogen-bond acceptors (Lipinski definition) is 4. The normalized spacial score (nSPS) is 14.8. The van der Waals surface area contributed by atoms with Crippen LogP contribution in [0, 0.1) is 12.8 Å². The van der Waals surface area contributed by atoms with E-state index in [-0.39, 0.29) is 5.43 Å². The van der Waals surface area contributed by atoms with Gasteiger partial charge in [0.1, 0.15) is 11.3 Å². The van der Waals surface area contributed by atoms with Crippen molar-refractivity contribution in [3.05, 3.63) is 69.9 Å². The van der Waals surface area contributed by atoms with Gasteiger partial charge in [-0.05, 0) is 44.2 Å². The molecular weight excluding hydrogens is 366 g/mol. The van der Waals surface area contributed by atoms with Crippen LogP contribution in [0.1, 0.15) is 35.2 Å². The van der Waals surface area contributed by atoms with Gasteiger partial charge in [-0.1, -0.05) is 36.4 Å². The van der Waals surface area contributed by atoms with Crippen molar-refractivity contribution in [1.29, 1.82) is 0 Å². The lowest BCUT2D eigenvalue weighted by atomic mass is 9.95. The van der Waals surface area contributed by atoms with Crippen molar-refractivity contribution < 1.29 is 19.3 Å². The second kappa shape index (κ2) is 8.62. The minimum Gasteiger partial charge on any atom is -0.462 e. The third-order valence-corrected chi connectivity index (χ3v) is 5.72. The molecule has 2 heterocycles. The molecule has 1 fully saturated rings. The highest BCUT2D eigenvalue weighted by Crippen LogP contribution is 2.27. The number of ether oxygens (including phenoxy) is 1. The first-order valence-corrected chi connectivity index (χ1v) is 10.3. The third kappa shape index (κ3) is 4.10. The summed E-state index contributed by atoms with van der Waals surface area (Å²) in [5, 5.41) is 2.73. The topological polar surface area (TPSA) is 73.1 Å². The SMILES string of the molecule is Cc1c(-c2ccccc2)oc2c(C(=O)OCCC3CC[NH2+]CC3)cccc2c1=O. The number of para-hydroxylation sites is 1. The zero-order valence-electron chi connectivity index (χ0n) is 16.6. The van der Waals surface area contributed by atoms with Gasteiger partial charge in [-0.3, -0.25) is 4.79 Å². The van der Waals surface area contributed by atoms with Crippen molar-refractivity contribution in [2.75, 3.05) is 19.7 Å². The molecule has 0 saturated carbocycles. The molecule has 1 aromatic heterocycles. The lowest BCUT2D eigenvalue weighted by molar-refractivity contribution is -0.664. The number of esters is 1. The molecular formula is C24H26NO4+. The number of quaternary nitrogens is 1. The maximum absolute atomic E-state index is 12.9. The van der Waals surface area contributed by atoms with Gasteiger partial charge in [0.05, 0.1) is 25.1 Å². The maximum Gasteiger partial charge on any atom is 0.341 e. The van der Waals surface area contributed by atoms with E-state index in [1.165, 1.54) is 12.8 Å². The largest absolute Gasteiger partial charge is 0.462 e. The smallest absolute Gasteiger partial charge is 0.341 e. The first-order chi connectivity index (χ1) is 14.1. The number of benzene rings is 2. The van der Waals surface area contributed by atoms with Gasteiger partial charge < -0.3 is 14.5 Å². The molecule has 1 aliphatic heterocycles. The minimum absolute atomic E-state index is 0.127. The molecule has 0 spiro atoms. The molecule has 0 unspecified atom stereocenters. The zero-order chi connectivity index (χ0) is 20.2. The van der Waals surface area contributed by atoms with E-state index in [0.717, 1.165) is 25.1 Å². The van der Waals surface area contributed by atoms with Crippen LogP contribution in [0.2, 0.25) is 0 Å². The maximum atomic E-state index is 12.9. The molecule has 5 nitrogen and oxygen atoms in total. The monoisotopic (exact) mass is 392 g/mol. The van der Waals surface area contributed by atoms with E-state index in [2.05, 4.69) is 5.32 Å². The van der Waals surface area contributed by atoms with Crippen LogP contribution in [0.4, 0.5) is 0 Å². The van der Waals surface area contributed by atoms with Crippen LogP contribution < -0.4 is 10.7 Å². The van der Waals surface area contributed by atoms with Crippen LogP contribution in [0.3, 0.4) is 0 Å². The lowest BCUT2D eigenvalue weighted by Crippen LogP contribution is -2.86. The molecule has 4 rings (SSSR count). The van der Waals surface area contributed by atoms with E-state index >= 15 is 0 Å². The van der Waals surface area contributed by atoms with Gasteiger partial charge in [0.15, 0.2) is 11.0 Å². The van der Waals surface area contributed by atoms with E-state index in [1.54, 1.807) is 25.1 Å². The summed E-state index contributed by atoms with van der Waals surface area (Å²) in [6.07, 6.45) is 3.21. The Morgan fingerprint density at radius 3 is 2.62 bits per heavy atom. The highest BCUT2D eigenvalue weighted by atomic mass is 16.5. The van der Waals surface area contributed by atoms with Crippen molar-refractivity contribution in [3.8, 4) is 11.3 Å². The average molecular weight is 392 g/mol. The van der Waals surface area contributed by atoms with Crippen LogP contribution in [-0.4, -0.2) is 25.7 Å². The summed E-state index contributed by atoms with van der Waals surface area (Å²) in [4.78, 5) is 25.7. The fourth-order valence-electron chi connectivity index (χ4n) is 4.02. The molecule has 0 amide bonds. The van der Waals surface area contributed by atoms with Gasteiger partial charge in [-0.25, -0.2) is 4.79 Å². The highest BCUT2D eigenvalue weighted by molar-refractivity contribution is 6.02. The molecule has 1 aliphatic rings. The van der Waals surface area contributed by atoms with Gasteiger partial charge in [0.2, 0.25) is 0 Å². The summed E-state index contributed by atoms with van der Waals surface area (Å²) in [7, 11) is 0. The molecule has 0 bridgehead atoms. The van der Waals surface area contributed by atoms with Crippen LogP contribution in [-0.2, 0) is 4.74 Å². The fourth-order valence-corrected chi connectivity index (χ4v) is 4.02.